The van der Waals surface area contributed by atoms with Crippen LogP contribution >= 0.6 is 27.5 Å². The summed E-state index contributed by atoms with van der Waals surface area (Å²) in [6.45, 7) is 6.76. The second-order valence-electron chi connectivity index (χ2n) is 9.13. The Balaban J connectivity index is 2.17. The molecule has 0 aliphatic carbocycles. The van der Waals surface area contributed by atoms with Gasteiger partial charge in [-0.2, -0.15) is 0 Å². The smallest absolute Gasteiger partial charge is 0.330 e. The maximum Gasteiger partial charge on any atom is 0.330 e. The van der Waals surface area contributed by atoms with E-state index in [0.717, 1.165) is 10.0 Å². The largest absolute Gasteiger partial charge is 0.495 e. The fraction of sp³-hybridized carbons (Fsp3) is 0.296. The number of nitrogens with zero attached hydrogens (tertiary/aromatic N) is 1. The van der Waals surface area contributed by atoms with Gasteiger partial charge in [-0.1, -0.05) is 39.7 Å². The number of methoxy groups -OCH3 is 1. The Morgan fingerprint density at radius 3 is 2.29 bits per heavy atom. The molecule has 0 aliphatic rings. The standard InChI is InChI=1S/C27H27BrClNO5/c1-16(31)20-11-10-19(29)13-21(20)22-14-25(32)30(15-24(22)34-5)23(26(33)35-27(2,3)4)12-17-6-8-18(28)9-7-17/h6-11,13-15,23H,12H2,1-5H3. The molecule has 6 nitrogen and oxygen atoms in total. The van der Waals surface area contributed by atoms with Crippen LogP contribution in [0.3, 0.4) is 0 Å². The molecule has 8 heteroatoms. The van der Waals surface area contributed by atoms with Gasteiger partial charge in [-0.25, -0.2) is 4.79 Å². The summed E-state index contributed by atoms with van der Waals surface area (Å²) in [5.41, 5.74) is 0.972. The average Bonchev–Trinajstić information content (AvgIpc) is 2.77. The van der Waals surface area contributed by atoms with Crippen LogP contribution < -0.4 is 10.3 Å². The Hall–Kier alpha value is -2.90. The first kappa shape index (κ1) is 26.7. The van der Waals surface area contributed by atoms with Gasteiger partial charge in [0.15, 0.2) is 5.78 Å². The Labute approximate surface area is 218 Å². The fourth-order valence-corrected chi connectivity index (χ4v) is 4.14. The van der Waals surface area contributed by atoms with Gasteiger partial charge in [0.1, 0.15) is 17.4 Å². The molecule has 0 saturated heterocycles. The number of carbonyl (C=O) groups is 2. The van der Waals surface area contributed by atoms with Crippen LogP contribution in [0.4, 0.5) is 0 Å². The second-order valence-corrected chi connectivity index (χ2v) is 10.5. The minimum Gasteiger partial charge on any atom is -0.495 e. The lowest BCUT2D eigenvalue weighted by molar-refractivity contribution is -0.159. The van der Waals surface area contributed by atoms with Crippen LogP contribution in [-0.4, -0.2) is 29.0 Å². The molecular formula is C27H27BrClNO5. The summed E-state index contributed by atoms with van der Waals surface area (Å²) in [7, 11) is 1.46. The zero-order valence-corrected chi connectivity index (χ0v) is 22.6. The summed E-state index contributed by atoms with van der Waals surface area (Å²) < 4.78 is 13.5. The molecule has 184 valence electrons. The third-order valence-electron chi connectivity index (χ3n) is 5.27. The van der Waals surface area contributed by atoms with E-state index in [1.165, 1.54) is 30.9 Å². The molecule has 35 heavy (non-hydrogen) atoms. The molecule has 0 fully saturated rings. The van der Waals surface area contributed by atoms with E-state index < -0.39 is 23.2 Å². The number of halogens is 2. The Kier molecular flexibility index (Phi) is 8.23. The van der Waals surface area contributed by atoms with E-state index in [4.69, 9.17) is 21.1 Å². The van der Waals surface area contributed by atoms with Crippen molar-refractivity contribution in [2.75, 3.05) is 7.11 Å². The lowest BCUT2D eigenvalue weighted by Gasteiger charge is -2.26. The van der Waals surface area contributed by atoms with E-state index in [1.54, 1.807) is 39.0 Å². The molecule has 0 radical (unpaired) electrons. The monoisotopic (exact) mass is 559 g/mol. The predicted octanol–water partition coefficient (Wildman–Crippen LogP) is 6.27. The van der Waals surface area contributed by atoms with E-state index in [2.05, 4.69) is 15.9 Å². The number of hydrogen-bond acceptors (Lipinski definition) is 5. The van der Waals surface area contributed by atoms with Gasteiger partial charge < -0.3 is 9.47 Å². The number of ketones is 1. The van der Waals surface area contributed by atoms with Crippen molar-refractivity contribution in [2.24, 2.45) is 0 Å². The minimum atomic E-state index is -0.933. The first-order chi connectivity index (χ1) is 16.4. The van der Waals surface area contributed by atoms with Gasteiger partial charge in [-0.3, -0.25) is 14.2 Å². The minimum absolute atomic E-state index is 0.176. The van der Waals surface area contributed by atoms with Crippen LogP contribution in [0.15, 0.2) is 64.0 Å². The fourth-order valence-electron chi connectivity index (χ4n) is 3.70. The lowest BCUT2D eigenvalue weighted by Crippen LogP contribution is -2.36. The van der Waals surface area contributed by atoms with E-state index in [0.29, 0.717) is 27.5 Å². The number of benzene rings is 2. The van der Waals surface area contributed by atoms with E-state index in [-0.39, 0.29) is 12.2 Å². The summed E-state index contributed by atoms with van der Waals surface area (Å²) in [6, 6.07) is 12.8. The van der Waals surface area contributed by atoms with Gasteiger partial charge in [-0.15, -0.1) is 0 Å². The van der Waals surface area contributed by atoms with Gasteiger partial charge in [0.05, 0.1) is 13.3 Å². The highest BCUT2D eigenvalue weighted by atomic mass is 79.9. The summed E-state index contributed by atoms with van der Waals surface area (Å²) in [5, 5.41) is 0.415. The van der Waals surface area contributed by atoms with E-state index >= 15 is 0 Å². The number of rotatable bonds is 7. The van der Waals surface area contributed by atoms with Crippen LogP contribution in [0.1, 0.15) is 49.7 Å². The topological polar surface area (TPSA) is 74.6 Å². The Morgan fingerprint density at radius 2 is 1.71 bits per heavy atom. The number of esters is 1. The van der Waals surface area contributed by atoms with Crippen LogP contribution in [0.2, 0.25) is 5.02 Å². The van der Waals surface area contributed by atoms with Crippen molar-refractivity contribution in [3.63, 3.8) is 0 Å². The van der Waals surface area contributed by atoms with Crippen molar-refractivity contribution in [2.45, 2.75) is 45.8 Å². The van der Waals surface area contributed by atoms with Gasteiger partial charge in [0.25, 0.3) is 5.56 Å². The molecule has 3 rings (SSSR count). The summed E-state index contributed by atoms with van der Waals surface area (Å²) in [4.78, 5) is 38.8. The van der Waals surface area contributed by atoms with Crippen molar-refractivity contribution >= 4 is 39.3 Å². The third kappa shape index (κ3) is 6.61. The molecule has 0 aliphatic heterocycles. The molecule has 0 N–H and O–H groups in total. The quantitative estimate of drug-likeness (QED) is 0.252. The molecule has 1 heterocycles. The zero-order valence-electron chi connectivity index (χ0n) is 20.2. The van der Waals surface area contributed by atoms with E-state index in [1.807, 2.05) is 24.3 Å². The normalized spacial score (nSPS) is 12.2. The van der Waals surface area contributed by atoms with Gasteiger partial charge in [0, 0.05) is 33.1 Å². The van der Waals surface area contributed by atoms with Crippen molar-refractivity contribution in [3.8, 4) is 16.9 Å². The number of hydrogen-bond donors (Lipinski definition) is 0. The summed E-state index contributed by atoms with van der Waals surface area (Å²) >= 11 is 9.60. The molecule has 0 amide bonds. The lowest BCUT2D eigenvalue weighted by atomic mass is 9.97. The van der Waals surface area contributed by atoms with Crippen molar-refractivity contribution in [3.05, 3.63) is 85.7 Å². The van der Waals surface area contributed by atoms with Crippen LogP contribution in [-0.2, 0) is 16.0 Å². The van der Waals surface area contributed by atoms with E-state index in [9.17, 15) is 14.4 Å². The zero-order chi connectivity index (χ0) is 25.9. The maximum absolute atomic E-state index is 13.4. The van der Waals surface area contributed by atoms with Gasteiger partial charge in [0.2, 0.25) is 0 Å². The summed E-state index contributed by atoms with van der Waals surface area (Å²) in [6.07, 6.45) is 1.72. The van der Waals surface area contributed by atoms with Crippen molar-refractivity contribution in [1.29, 1.82) is 0 Å². The molecule has 1 atom stereocenters. The van der Waals surface area contributed by atoms with Crippen molar-refractivity contribution in [1.82, 2.24) is 4.57 Å². The van der Waals surface area contributed by atoms with Crippen molar-refractivity contribution < 1.29 is 19.1 Å². The maximum atomic E-state index is 13.4. The highest BCUT2D eigenvalue weighted by molar-refractivity contribution is 9.10. The molecule has 0 saturated carbocycles. The third-order valence-corrected chi connectivity index (χ3v) is 6.04. The van der Waals surface area contributed by atoms with Gasteiger partial charge >= 0.3 is 5.97 Å². The first-order valence-corrected chi connectivity index (χ1v) is 12.1. The van der Waals surface area contributed by atoms with Crippen LogP contribution in [0.25, 0.3) is 11.1 Å². The van der Waals surface area contributed by atoms with Crippen LogP contribution in [0, 0.1) is 0 Å². The highest BCUT2D eigenvalue weighted by Gasteiger charge is 2.29. The molecule has 1 unspecified atom stereocenters. The van der Waals surface area contributed by atoms with Gasteiger partial charge in [-0.05, 0) is 69.2 Å². The molecule has 0 bridgehead atoms. The number of aromatic nitrogens is 1. The highest BCUT2D eigenvalue weighted by Crippen LogP contribution is 2.34. The number of ether oxygens (including phenoxy) is 2. The number of pyridine rings is 1. The Morgan fingerprint density at radius 1 is 1.06 bits per heavy atom. The molecule has 2 aromatic carbocycles. The average molecular weight is 561 g/mol. The van der Waals surface area contributed by atoms with Crippen LogP contribution in [0.5, 0.6) is 5.75 Å². The molecular weight excluding hydrogens is 534 g/mol. The number of Topliss-reactive ketones (excluding diaryl/α,β-unsaturated/α-hetero) is 1. The SMILES string of the molecule is COc1cn(C(Cc2ccc(Br)cc2)C(=O)OC(C)(C)C)c(=O)cc1-c1cc(Cl)ccc1C(C)=O. The summed E-state index contributed by atoms with van der Waals surface area (Å²) in [5.74, 6) is -0.395. The predicted molar refractivity (Wildman–Crippen MR) is 140 cm³/mol. The molecule has 0 spiro atoms. The Bertz CT molecular complexity index is 1310. The molecule has 3 aromatic rings. The number of carbonyl (C=O) groups excluding carboxylic acids is 2. The molecule has 1 aromatic heterocycles. The first-order valence-electron chi connectivity index (χ1n) is 11.0. The second kappa shape index (κ2) is 10.8.